The number of amides is 1. The van der Waals surface area contributed by atoms with Gasteiger partial charge in [0.05, 0.1) is 0 Å². The molecule has 146 valence electrons. The lowest BCUT2D eigenvalue weighted by Crippen LogP contribution is -2.34. The largest absolute Gasteiger partial charge is 0.342 e. The van der Waals surface area contributed by atoms with Gasteiger partial charge in [0.25, 0.3) is 0 Å². The van der Waals surface area contributed by atoms with Gasteiger partial charge in [0.15, 0.2) is 5.82 Å². The van der Waals surface area contributed by atoms with Crippen molar-refractivity contribution in [2.24, 2.45) is 0 Å². The van der Waals surface area contributed by atoms with Gasteiger partial charge >= 0.3 is 0 Å². The van der Waals surface area contributed by atoms with Crippen molar-refractivity contribution < 1.29 is 4.79 Å². The molecule has 28 heavy (non-hydrogen) atoms. The first kappa shape index (κ1) is 19.9. The second-order valence-corrected chi connectivity index (χ2v) is 7.53. The molecule has 2 N–H and O–H groups in total. The van der Waals surface area contributed by atoms with Crippen LogP contribution in [-0.4, -0.2) is 38.8 Å². The van der Waals surface area contributed by atoms with Crippen LogP contribution >= 0.6 is 11.8 Å². The summed E-state index contributed by atoms with van der Waals surface area (Å²) in [5.41, 5.74) is 2.97. The Labute approximate surface area is 169 Å². The summed E-state index contributed by atoms with van der Waals surface area (Å²) in [4.78, 5) is 15.0. The second-order valence-electron chi connectivity index (χ2n) is 6.46. The zero-order valence-corrected chi connectivity index (χ0v) is 17.2. The first-order valence-electron chi connectivity index (χ1n) is 9.33. The van der Waals surface area contributed by atoms with Gasteiger partial charge in [-0.3, -0.25) is 4.79 Å². The molecule has 1 amide bonds. The van der Waals surface area contributed by atoms with Crippen molar-refractivity contribution in [1.29, 1.82) is 0 Å². The monoisotopic (exact) mass is 395 g/mol. The minimum atomic E-state index is -0.432. The average molecular weight is 396 g/mol. The molecule has 1 unspecified atom stereocenters. The molecule has 0 radical (unpaired) electrons. The van der Waals surface area contributed by atoms with Crippen LogP contribution in [0.3, 0.4) is 0 Å². The van der Waals surface area contributed by atoms with E-state index in [0.29, 0.717) is 24.1 Å². The van der Waals surface area contributed by atoms with Crippen molar-refractivity contribution in [1.82, 2.24) is 19.8 Å². The van der Waals surface area contributed by atoms with Crippen LogP contribution in [0.2, 0.25) is 0 Å². The van der Waals surface area contributed by atoms with Gasteiger partial charge in [0, 0.05) is 18.7 Å². The SMILES string of the molecule is CCN(CC)C(=O)C(Sc1nnc(-c2ccc(C)cc2)n1N)c1ccccc1. The summed E-state index contributed by atoms with van der Waals surface area (Å²) in [6, 6.07) is 17.7. The second kappa shape index (κ2) is 8.93. The number of hydrogen-bond donors (Lipinski definition) is 1. The minimum absolute atomic E-state index is 0.0427. The fourth-order valence-electron chi connectivity index (χ4n) is 2.95. The van der Waals surface area contributed by atoms with E-state index in [2.05, 4.69) is 10.2 Å². The van der Waals surface area contributed by atoms with E-state index in [9.17, 15) is 4.79 Å². The van der Waals surface area contributed by atoms with Crippen molar-refractivity contribution in [3.63, 3.8) is 0 Å². The smallest absolute Gasteiger partial charge is 0.240 e. The van der Waals surface area contributed by atoms with Gasteiger partial charge < -0.3 is 10.7 Å². The molecule has 3 rings (SSSR count). The summed E-state index contributed by atoms with van der Waals surface area (Å²) in [5.74, 6) is 6.90. The van der Waals surface area contributed by atoms with Gasteiger partial charge in [0.1, 0.15) is 5.25 Å². The number of carbonyl (C=O) groups is 1. The Morgan fingerprint density at radius 2 is 1.71 bits per heavy atom. The highest BCUT2D eigenvalue weighted by Crippen LogP contribution is 2.36. The molecule has 0 saturated heterocycles. The number of hydrogen-bond acceptors (Lipinski definition) is 5. The summed E-state index contributed by atoms with van der Waals surface area (Å²) in [6.45, 7) is 7.30. The van der Waals surface area contributed by atoms with Crippen molar-refractivity contribution >= 4 is 17.7 Å². The molecule has 0 fully saturated rings. The van der Waals surface area contributed by atoms with Gasteiger partial charge in [-0.2, -0.15) is 0 Å². The molecule has 1 heterocycles. The highest BCUT2D eigenvalue weighted by atomic mass is 32.2. The topological polar surface area (TPSA) is 77.0 Å². The number of nitrogens with two attached hydrogens (primary N) is 1. The van der Waals surface area contributed by atoms with E-state index in [1.54, 1.807) is 0 Å². The summed E-state index contributed by atoms with van der Waals surface area (Å²) >= 11 is 1.33. The Kier molecular flexibility index (Phi) is 6.36. The van der Waals surface area contributed by atoms with Crippen molar-refractivity contribution in [2.45, 2.75) is 31.2 Å². The number of carbonyl (C=O) groups excluding carboxylic acids is 1. The molecule has 6 nitrogen and oxygen atoms in total. The molecule has 0 aliphatic rings. The average Bonchev–Trinajstić information content (AvgIpc) is 3.08. The third kappa shape index (κ3) is 4.20. The molecule has 0 aliphatic heterocycles. The number of aryl methyl sites for hydroxylation is 1. The molecule has 0 saturated carbocycles. The van der Waals surface area contributed by atoms with Crippen molar-refractivity contribution in [2.75, 3.05) is 18.9 Å². The Balaban J connectivity index is 1.93. The zero-order chi connectivity index (χ0) is 20.1. The Morgan fingerprint density at radius 3 is 2.32 bits per heavy atom. The third-order valence-corrected chi connectivity index (χ3v) is 5.80. The maximum absolute atomic E-state index is 13.1. The number of aromatic nitrogens is 3. The Morgan fingerprint density at radius 1 is 1.07 bits per heavy atom. The maximum Gasteiger partial charge on any atom is 0.240 e. The van der Waals surface area contributed by atoms with E-state index >= 15 is 0 Å². The first-order valence-corrected chi connectivity index (χ1v) is 10.2. The van der Waals surface area contributed by atoms with Gasteiger partial charge in [-0.05, 0) is 26.3 Å². The van der Waals surface area contributed by atoms with Gasteiger partial charge in [-0.1, -0.05) is 71.9 Å². The molecular formula is C21H25N5OS. The molecule has 2 aromatic carbocycles. The lowest BCUT2D eigenvalue weighted by atomic mass is 10.1. The number of nitrogens with zero attached hydrogens (tertiary/aromatic N) is 4. The van der Waals surface area contributed by atoms with Gasteiger partial charge in [0.2, 0.25) is 11.1 Å². The molecule has 0 bridgehead atoms. The molecule has 0 aliphatic carbocycles. The quantitative estimate of drug-likeness (QED) is 0.488. The lowest BCUT2D eigenvalue weighted by Gasteiger charge is -2.24. The van der Waals surface area contributed by atoms with E-state index in [1.807, 2.05) is 80.3 Å². The first-order chi connectivity index (χ1) is 13.5. The van der Waals surface area contributed by atoms with Crippen LogP contribution in [-0.2, 0) is 4.79 Å². The fraction of sp³-hybridized carbons (Fsp3) is 0.286. The van der Waals surface area contributed by atoms with Crippen LogP contribution in [0.15, 0.2) is 59.8 Å². The lowest BCUT2D eigenvalue weighted by molar-refractivity contribution is -0.130. The Hall–Kier alpha value is -2.80. The van der Waals surface area contributed by atoms with E-state index in [0.717, 1.165) is 16.7 Å². The van der Waals surface area contributed by atoms with Crippen LogP contribution < -0.4 is 5.84 Å². The van der Waals surface area contributed by atoms with Crippen LogP contribution in [0, 0.1) is 6.92 Å². The molecular weight excluding hydrogens is 370 g/mol. The minimum Gasteiger partial charge on any atom is -0.342 e. The zero-order valence-electron chi connectivity index (χ0n) is 16.4. The normalized spacial score (nSPS) is 12.0. The van der Waals surface area contributed by atoms with Crippen LogP contribution in [0.5, 0.6) is 0 Å². The van der Waals surface area contributed by atoms with Gasteiger partial charge in [-0.25, -0.2) is 4.68 Å². The van der Waals surface area contributed by atoms with Crippen LogP contribution in [0.25, 0.3) is 11.4 Å². The predicted octanol–water partition coefficient (Wildman–Crippen LogP) is 3.67. The standard InChI is InChI=1S/C21H25N5OS/c1-4-25(5-2)20(27)18(16-9-7-6-8-10-16)28-21-24-23-19(26(21)22)17-13-11-15(3)12-14-17/h6-14,18H,4-5,22H2,1-3H3. The van der Waals surface area contributed by atoms with E-state index in [1.165, 1.54) is 16.4 Å². The number of rotatable bonds is 7. The number of likely N-dealkylation sites (N-methyl/N-ethyl adjacent to an activating group) is 1. The maximum atomic E-state index is 13.1. The molecule has 7 heteroatoms. The fourth-order valence-corrected chi connectivity index (χ4v) is 3.99. The Bertz CT molecular complexity index is 920. The van der Waals surface area contributed by atoms with Crippen molar-refractivity contribution in [3.05, 3.63) is 65.7 Å². The predicted molar refractivity (Wildman–Crippen MR) is 113 cm³/mol. The number of benzene rings is 2. The summed E-state index contributed by atoms with van der Waals surface area (Å²) in [6.07, 6.45) is 0. The third-order valence-electron chi connectivity index (χ3n) is 4.60. The molecule has 0 spiro atoms. The summed E-state index contributed by atoms with van der Waals surface area (Å²) in [7, 11) is 0. The van der Waals surface area contributed by atoms with E-state index in [-0.39, 0.29) is 5.91 Å². The van der Waals surface area contributed by atoms with Crippen LogP contribution in [0.1, 0.15) is 30.2 Å². The van der Waals surface area contributed by atoms with Crippen molar-refractivity contribution in [3.8, 4) is 11.4 Å². The summed E-state index contributed by atoms with van der Waals surface area (Å²) < 4.78 is 1.46. The van der Waals surface area contributed by atoms with E-state index < -0.39 is 5.25 Å². The molecule has 1 atom stereocenters. The number of nitrogen functional groups attached to an aromatic ring is 1. The summed E-state index contributed by atoms with van der Waals surface area (Å²) in [5, 5.41) is 8.58. The van der Waals surface area contributed by atoms with Gasteiger partial charge in [-0.15, -0.1) is 10.2 Å². The van der Waals surface area contributed by atoms with Crippen LogP contribution in [0.4, 0.5) is 0 Å². The molecule has 1 aromatic heterocycles. The highest BCUT2D eigenvalue weighted by molar-refractivity contribution is 8.00. The number of thioether (sulfide) groups is 1. The molecule has 3 aromatic rings. The van der Waals surface area contributed by atoms with E-state index in [4.69, 9.17) is 5.84 Å². The highest BCUT2D eigenvalue weighted by Gasteiger charge is 2.28.